The van der Waals surface area contributed by atoms with Crippen molar-refractivity contribution in [3.05, 3.63) is 50.6 Å². The van der Waals surface area contributed by atoms with Crippen molar-refractivity contribution < 1.29 is 14.8 Å². The van der Waals surface area contributed by atoms with E-state index < -0.39 is 10.8 Å². The molecule has 1 aliphatic rings. The molecule has 1 aromatic carbocycles. The van der Waals surface area contributed by atoms with Crippen LogP contribution in [0.5, 0.6) is 0 Å². The predicted octanol–water partition coefficient (Wildman–Crippen LogP) is 2.36. The zero-order valence-electron chi connectivity index (χ0n) is 13.0. The zero-order chi connectivity index (χ0) is 16.4. The normalized spacial score (nSPS) is 19.7. The van der Waals surface area contributed by atoms with Crippen LogP contribution >= 0.6 is 0 Å². The van der Waals surface area contributed by atoms with Crippen molar-refractivity contribution in [2.45, 2.75) is 33.2 Å². The van der Waals surface area contributed by atoms with Crippen LogP contribution in [0.3, 0.4) is 0 Å². The summed E-state index contributed by atoms with van der Waals surface area (Å²) < 4.78 is 0. The van der Waals surface area contributed by atoms with Gasteiger partial charge in [0.15, 0.2) is 0 Å². The number of allylic oxidation sites excluding steroid dienone is 1. The average molecular weight is 304 g/mol. The largest absolute Gasteiger partial charge is 0.394 e. The summed E-state index contributed by atoms with van der Waals surface area (Å²) >= 11 is 0. The number of likely N-dealkylation sites (tertiary alicyclic amines) is 1. The molecule has 2 rings (SSSR count). The summed E-state index contributed by atoms with van der Waals surface area (Å²) in [5.74, 6) is -0.397. The van der Waals surface area contributed by atoms with Crippen molar-refractivity contribution in [2.24, 2.45) is 0 Å². The summed E-state index contributed by atoms with van der Waals surface area (Å²) in [5.41, 5.74) is 2.57. The molecule has 0 unspecified atom stereocenters. The van der Waals surface area contributed by atoms with E-state index in [9.17, 15) is 20.0 Å². The third-order valence-corrected chi connectivity index (χ3v) is 4.23. The van der Waals surface area contributed by atoms with Crippen molar-refractivity contribution >= 4 is 11.6 Å². The molecule has 1 aliphatic heterocycles. The van der Waals surface area contributed by atoms with Crippen molar-refractivity contribution in [1.82, 2.24) is 4.90 Å². The van der Waals surface area contributed by atoms with E-state index in [0.29, 0.717) is 13.0 Å². The number of aliphatic hydroxyl groups is 1. The van der Waals surface area contributed by atoms with Crippen LogP contribution in [0, 0.1) is 24.0 Å². The number of nitrogens with zero attached hydrogens (tertiary/aromatic N) is 2. The van der Waals surface area contributed by atoms with Gasteiger partial charge >= 0.3 is 0 Å². The Bertz CT molecular complexity index is 652. The highest BCUT2D eigenvalue weighted by atomic mass is 16.6. The molecule has 6 nitrogen and oxygen atoms in total. The first-order valence-electron chi connectivity index (χ1n) is 7.20. The van der Waals surface area contributed by atoms with Crippen molar-refractivity contribution in [1.29, 1.82) is 0 Å². The van der Waals surface area contributed by atoms with E-state index in [2.05, 4.69) is 0 Å². The number of hydrogen-bond acceptors (Lipinski definition) is 4. The number of rotatable bonds is 3. The van der Waals surface area contributed by atoms with Gasteiger partial charge < -0.3 is 10.0 Å². The first-order valence-corrected chi connectivity index (χ1v) is 7.20. The van der Waals surface area contributed by atoms with Gasteiger partial charge in [-0.1, -0.05) is 11.6 Å². The van der Waals surface area contributed by atoms with Crippen LogP contribution in [-0.4, -0.2) is 40.0 Å². The van der Waals surface area contributed by atoms with Crippen LogP contribution in [0.2, 0.25) is 0 Å². The molecule has 118 valence electrons. The fraction of sp³-hybridized carbons (Fsp3) is 0.438. The number of hydrogen-bond donors (Lipinski definition) is 1. The van der Waals surface area contributed by atoms with E-state index in [0.717, 1.165) is 16.7 Å². The van der Waals surface area contributed by atoms with E-state index in [-0.39, 0.29) is 23.9 Å². The Morgan fingerprint density at radius 3 is 2.64 bits per heavy atom. The molecule has 1 atom stereocenters. The van der Waals surface area contributed by atoms with Gasteiger partial charge in [0.05, 0.1) is 17.6 Å². The monoisotopic (exact) mass is 304 g/mol. The molecule has 0 aliphatic carbocycles. The molecule has 1 heterocycles. The summed E-state index contributed by atoms with van der Waals surface area (Å²) in [6.45, 7) is 5.74. The Morgan fingerprint density at radius 2 is 2.09 bits per heavy atom. The quantitative estimate of drug-likeness (QED) is 0.528. The fourth-order valence-electron chi connectivity index (χ4n) is 2.71. The van der Waals surface area contributed by atoms with E-state index in [4.69, 9.17) is 0 Å². The number of nitro benzene ring substituents is 1. The summed E-state index contributed by atoms with van der Waals surface area (Å²) in [5, 5.41) is 20.7. The number of aryl methyl sites for hydroxylation is 2. The second-order valence-corrected chi connectivity index (χ2v) is 5.63. The Kier molecular flexibility index (Phi) is 4.61. The minimum Gasteiger partial charge on any atom is -0.394 e. The molecule has 1 aromatic rings. The van der Waals surface area contributed by atoms with Crippen LogP contribution in [-0.2, 0) is 0 Å². The molecule has 1 saturated heterocycles. The smallest absolute Gasteiger partial charge is 0.282 e. The molecule has 6 heteroatoms. The van der Waals surface area contributed by atoms with E-state index in [1.54, 1.807) is 13.0 Å². The van der Waals surface area contributed by atoms with Crippen LogP contribution in [0.25, 0.3) is 0 Å². The lowest BCUT2D eigenvalue weighted by Gasteiger charge is -2.22. The molecule has 0 spiro atoms. The lowest BCUT2D eigenvalue weighted by Crippen LogP contribution is -2.38. The molecule has 1 amide bonds. The summed E-state index contributed by atoms with van der Waals surface area (Å²) in [6.07, 6.45) is 2.53. The molecule has 1 N–H and O–H groups in total. The van der Waals surface area contributed by atoms with Gasteiger partial charge in [0.25, 0.3) is 11.6 Å². The number of nitro groups is 1. The van der Waals surface area contributed by atoms with Crippen molar-refractivity contribution in [3.8, 4) is 0 Å². The first-order chi connectivity index (χ1) is 10.4. The standard InChI is InChI=1S/C16H20N2O4/c1-4-12-7-13(9-19)17(8-12)16(20)14-5-10(2)11(3)6-15(14)18(21)22/h4-6,13,19H,7-9H2,1-3H3/b12-4+/t13-/m0/s1. The molecule has 0 saturated carbocycles. The maximum Gasteiger partial charge on any atom is 0.282 e. The topological polar surface area (TPSA) is 83.7 Å². The van der Waals surface area contributed by atoms with Crippen molar-refractivity contribution in [3.63, 3.8) is 0 Å². The summed E-state index contributed by atoms with van der Waals surface area (Å²) in [4.78, 5) is 25.0. The first kappa shape index (κ1) is 16.2. The Balaban J connectivity index is 2.45. The third kappa shape index (κ3) is 2.87. The number of carbonyl (C=O) groups excluding carboxylic acids is 1. The molecule has 0 radical (unpaired) electrons. The highest BCUT2D eigenvalue weighted by Crippen LogP contribution is 2.29. The number of amides is 1. The minimum atomic E-state index is -0.528. The molecule has 22 heavy (non-hydrogen) atoms. The van der Waals surface area contributed by atoms with Gasteiger partial charge in [0.2, 0.25) is 0 Å². The Morgan fingerprint density at radius 1 is 1.45 bits per heavy atom. The van der Waals surface area contributed by atoms with E-state index in [1.807, 2.05) is 19.9 Å². The number of aliphatic hydroxyl groups excluding tert-OH is 1. The molecular formula is C16H20N2O4. The van der Waals surface area contributed by atoms with Gasteiger partial charge in [-0.3, -0.25) is 14.9 Å². The highest BCUT2D eigenvalue weighted by Gasteiger charge is 2.34. The van der Waals surface area contributed by atoms with Crippen molar-refractivity contribution in [2.75, 3.05) is 13.2 Å². The van der Waals surface area contributed by atoms with Gasteiger partial charge in [-0.15, -0.1) is 0 Å². The second kappa shape index (κ2) is 6.27. The SMILES string of the molecule is C/C=C1\C[C@@H](CO)N(C(=O)c2cc(C)c(C)cc2[N+](=O)[O-])C1. The second-order valence-electron chi connectivity index (χ2n) is 5.63. The van der Waals surface area contributed by atoms with E-state index >= 15 is 0 Å². The average Bonchev–Trinajstić information content (AvgIpc) is 2.92. The maximum atomic E-state index is 12.7. The van der Waals surface area contributed by atoms with Gasteiger partial charge in [0.1, 0.15) is 5.56 Å². The van der Waals surface area contributed by atoms with Crippen LogP contribution in [0.4, 0.5) is 5.69 Å². The minimum absolute atomic E-state index is 0.0869. The Labute approximate surface area is 129 Å². The molecule has 0 bridgehead atoms. The van der Waals surface area contributed by atoms with Gasteiger partial charge in [-0.05, 0) is 44.4 Å². The molecule has 1 fully saturated rings. The number of benzene rings is 1. The zero-order valence-corrected chi connectivity index (χ0v) is 13.0. The predicted molar refractivity (Wildman–Crippen MR) is 82.9 cm³/mol. The molecular weight excluding hydrogens is 284 g/mol. The lowest BCUT2D eigenvalue weighted by atomic mass is 10.0. The Hall–Kier alpha value is -2.21. The van der Waals surface area contributed by atoms with Crippen LogP contribution in [0.1, 0.15) is 34.8 Å². The fourth-order valence-corrected chi connectivity index (χ4v) is 2.71. The highest BCUT2D eigenvalue weighted by molar-refractivity contribution is 5.99. The van der Waals surface area contributed by atoms with Crippen LogP contribution in [0.15, 0.2) is 23.8 Å². The lowest BCUT2D eigenvalue weighted by molar-refractivity contribution is -0.385. The summed E-state index contributed by atoms with van der Waals surface area (Å²) in [7, 11) is 0. The van der Waals surface area contributed by atoms with Gasteiger partial charge in [-0.2, -0.15) is 0 Å². The maximum absolute atomic E-state index is 12.7. The molecule has 0 aromatic heterocycles. The summed E-state index contributed by atoms with van der Waals surface area (Å²) in [6, 6.07) is 2.68. The van der Waals surface area contributed by atoms with Crippen LogP contribution < -0.4 is 0 Å². The third-order valence-electron chi connectivity index (χ3n) is 4.23. The van der Waals surface area contributed by atoms with Gasteiger partial charge in [0, 0.05) is 12.6 Å². The van der Waals surface area contributed by atoms with E-state index in [1.165, 1.54) is 11.0 Å². The van der Waals surface area contributed by atoms with Gasteiger partial charge in [-0.25, -0.2) is 0 Å². The number of carbonyl (C=O) groups is 1.